The fourth-order valence-electron chi connectivity index (χ4n) is 2.62. The van der Waals surface area contributed by atoms with Crippen LogP contribution in [0.25, 0.3) is 0 Å². The predicted octanol–water partition coefficient (Wildman–Crippen LogP) is 4.87. The standard InChI is InChI=1S/C16H10F6N2O2/c17-15(18,19)14(16(20,21)22,11-3-7-13(24-26)8-4-11)10-1-5-12(6-2-10)23-9-25/h1-8,24,26H. The number of nitrogens with one attached hydrogen (secondary N) is 1. The maximum Gasteiger partial charge on any atom is 0.411 e. The first-order valence-corrected chi connectivity index (χ1v) is 6.90. The largest absolute Gasteiger partial charge is 0.411 e. The van der Waals surface area contributed by atoms with Crippen molar-refractivity contribution in [2.75, 3.05) is 5.48 Å². The first-order chi connectivity index (χ1) is 12.1. The second-order valence-electron chi connectivity index (χ2n) is 5.18. The molecule has 0 aliphatic rings. The summed E-state index contributed by atoms with van der Waals surface area (Å²) in [5.74, 6) is 0. The van der Waals surface area contributed by atoms with Crippen LogP contribution in [-0.2, 0) is 10.2 Å². The number of nitrogens with zero attached hydrogens (tertiary/aromatic N) is 1. The average Bonchev–Trinajstić information content (AvgIpc) is 2.55. The summed E-state index contributed by atoms with van der Waals surface area (Å²) in [5, 5.41) is 8.71. The summed E-state index contributed by atoms with van der Waals surface area (Å²) in [6.07, 6.45) is -10.3. The van der Waals surface area contributed by atoms with Crippen molar-refractivity contribution in [1.82, 2.24) is 0 Å². The van der Waals surface area contributed by atoms with E-state index >= 15 is 0 Å². The van der Waals surface area contributed by atoms with E-state index in [-0.39, 0.29) is 11.4 Å². The van der Waals surface area contributed by atoms with Crippen molar-refractivity contribution in [2.45, 2.75) is 17.8 Å². The van der Waals surface area contributed by atoms with Gasteiger partial charge in [0.05, 0.1) is 11.4 Å². The van der Waals surface area contributed by atoms with Crippen LogP contribution in [0, 0.1) is 0 Å². The summed E-state index contributed by atoms with van der Waals surface area (Å²) in [7, 11) is 0. The second kappa shape index (κ2) is 6.81. The van der Waals surface area contributed by atoms with Crippen molar-refractivity contribution in [1.29, 1.82) is 0 Å². The highest BCUT2D eigenvalue weighted by Gasteiger charge is 2.72. The molecule has 0 saturated heterocycles. The number of hydrogen-bond acceptors (Lipinski definition) is 4. The molecule has 0 bridgehead atoms. The molecule has 4 nitrogen and oxygen atoms in total. The van der Waals surface area contributed by atoms with Gasteiger partial charge in [0.2, 0.25) is 11.5 Å². The van der Waals surface area contributed by atoms with Crippen molar-refractivity contribution < 1.29 is 36.3 Å². The Labute approximate surface area is 142 Å². The van der Waals surface area contributed by atoms with Crippen LogP contribution >= 0.6 is 0 Å². The Morgan fingerprint density at radius 1 is 0.808 bits per heavy atom. The van der Waals surface area contributed by atoms with E-state index in [4.69, 9.17) is 5.21 Å². The summed E-state index contributed by atoms with van der Waals surface area (Å²) in [5.41, 5.74) is -5.06. The third kappa shape index (κ3) is 3.16. The van der Waals surface area contributed by atoms with E-state index in [0.717, 1.165) is 30.3 Å². The number of benzene rings is 2. The van der Waals surface area contributed by atoms with Crippen LogP contribution in [0.5, 0.6) is 0 Å². The molecule has 0 saturated carbocycles. The molecule has 26 heavy (non-hydrogen) atoms. The number of alkyl halides is 6. The molecule has 2 aromatic carbocycles. The van der Waals surface area contributed by atoms with Crippen molar-refractivity contribution in [3.63, 3.8) is 0 Å². The molecule has 0 unspecified atom stereocenters. The molecule has 138 valence electrons. The Hall–Kier alpha value is -2.84. The zero-order chi connectivity index (χ0) is 19.6. The van der Waals surface area contributed by atoms with Crippen molar-refractivity contribution in [2.24, 2.45) is 4.99 Å². The minimum absolute atomic E-state index is 0.0809. The molecular weight excluding hydrogens is 366 g/mol. The smallest absolute Gasteiger partial charge is 0.291 e. The number of halogens is 6. The molecule has 0 amide bonds. The highest BCUT2D eigenvalue weighted by atomic mass is 19.4. The average molecular weight is 376 g/mol. The number of anilines is 1. The molecule has 0 heterocycles. The van der Waals surface area contributed by atoms with Gasteiger partial charge < -0.3 is 0 Å². The second-order valence-corrected chi connectivity index (χ2v) is 5.18. The van der Waals surface area contributed by atoms with Gasteiger partial charge in [-0.05, 0) is 35.4 Å². The number of isocyanates is 1. The van der Waals surface area contributed by atoms with E-state index in [9.17, 15) is 31.1 Å². The van der Waals surface area contributed by atoms with Gasteiger partial charge in [-0.25, -0.2) is 4.79 Å². The van der Waals surface area contributed by atoms with E-state index in [2.05, 4.69) is 4.99 Å². The van der Waals surface area contributed by atoms with Crippen LogP contribution in [0.4, 0.5) is 37.7 Å². The molecule has 0 aliphatic carbocycles. The first-order valence-electron chi connectivity index (χ1n) is 6.90. The lowest BCUT2D eigenvalue weighted by Crippen LogP contribution is -2.54. The zero-order valence-electron chi connectivity index (χ0n) is 12.7. The lowest BCUT2D eigenvalue weighted by Gasteiger charge is -2.38. The minimum Gasteiger partial charge on any atom is -0.291 e. The van der Waals surface area contributed by atoms with Gasteiger partial charge in [-0.2, -0.15) is 31.3 Å². The van der Waals surface area contributed by atoms with E-state index in [0.29, 0.717) is 24.3 Å². The van der Waals surface area contributed by atoms with E-state index in [1.54, 1.807) is 5.48 Å². The fourth-order valence-corrected chi connectivity index (χ4v) is 2.62. The van der Waals surface area contributed by atoms with Gasteiger partial charge in [0.25, 0.3) is 0 Å². The molecule has 2 aromatic rings. The van der Waals surface area contributed by atoms with E-state index in [1.807, 2.05) is 0 Å². The lowest BCUT2D eigenvalue weighted by atomic mass is 9.73. The van der Waals surface area contributed by atoms with Crippen LogP contribution < -0.4 is 5.48 Å². The van der Waals surface area contributed by atoms with Crippen LogP contribution in [0.15, 0.2) is 53.5 Å². The zero-order valence-corrected chi connectivity index (χ0v) is 12.7. The van der Waals surface area contributed by atoms with Crippen molar-refractivity contribution in [3.05, 3.63) is 59.7 Å². The summed E-state index contributed by atoms with van der Waals surface area (Å²) in [4.78, 5) is 13.3. The minimum atomic E-state index is -5.73. The third-order valence-electron chi connectivity index (χ3n) is 3.77. The van der Waals surface area contributed by atoms with Gasteiger partial charge >= 0.3 is 12.4 Å². The Kier molecular flexibility index (Phi) is 5.11. The molecule has 2 N–H and O–H groups in total. The molecule has 0 spiro atoms. The summed E-state index contributed by atoms with van der Waals surface area (Å²) in [6.45, 7) is 0. The van der Waals surface area contributed by atoms with Gasteiger partial charge in [-0.3, -0.25) is 10.7 Å². The number of hydrogen-bond donors (Lipinski definition) is 2. The van der Waals surface area contributed by atoms with Gasteiger partial charge in [0.1, 0.15) is 0 Å². The molecule has 0 radical (unpaired) electrons. The molecule has 0 aromatic heterocycles. The Morgan fingerprint density at radius 3 is 1.58 bits per heavy atom. The fraction of sp³-hybridized carbons (Fsp3) is 0.188. The topological polar surface area (TPSA) is 61.7 Å². The van der Waals surface area contributed by atoms with Crippen LogP contribution in [0.1, 0.15) is 11.1 Å². The normalized spacial score (nSPS) is 12.4. The Morgan fingerprint density at radius 2 is 1.23 bits per heavy atom. The highest BCUT2D eigenvalue weighted by Crippen LogP contribution is 2.56. The van der Waals surface area contributed by atoms with E-state index < -0.39 is 28.9 Å². The van der Waals surface area contributed by atoms with Crippen LogP contribution in [-0.4, -0.2) is 23.6 Å². The summed E-state index contributed by atoms with van der Waals surface area (Å²) in [6, 6.07) is 5.93. The first kappa shape index (κ1) is 19.5. The van der Waals surface area contributed by atoms with Crippen LogP contribution in [0.3, 0.4) is 0 Å². The Balaban J connectivity index is 2.81. The number of rotatable bonds is 4. The lowest BCUT2D eigenvalue weighted by molar-refractivity contribution is -0.288. The molecule has 10 heteroatoms. The molecular formula is C16H10F6N2O2. The molecule has 2 rings (SSSR count). The molecule has 0 fully saturated rings. The van der Waals surface area contributed by atoms with Crippen LogP contribution in [0.2, 0.25) is 0 Å². The predicted molar refractivity (Wildman–Crippen MR) is 79.0 cm³/mol. The monoisotopic (exact) mass is 376 g/mol. The summed E-state index contributed by atoms with van der Waals surface area (Å²) >= 11 is 0. The molecule has 0 atom stereocenters. The van der Waals surface area contributed by atoms with Gasteiger partial charge in [-0.15, -0.1) is 0 Å². The summed E-state index contributed by atoms with van der Waals surface area (Å²) < 4.78 is 82.8. The van der Waals surface area contributed by atoms with Crippen molar-refractivity contribution >= 4 is 17.5 Å². The quantitative estimate of drug-likeness (QED) is 0.347. The number of aliphatic imine (C=N–C) groups is 1. The highest BCUT2D eigenvalue weighted by molar-refractivity contribution is 5.54. The van der Waals surface area contributed by atoms with Gasteiger partial charge in [-0.1, -0.05) is 24.3 Å². The van der Waals surface area contributed by atoms with E-state index in [1.165, 1.54) is 0 Å². The third-order valence-corrected chi connectivity index (χ3v) is 3.77. The van der Waals surface area contributed by atoms with Gasteiger partial charge in [0.15, 0.2) is 0 Å². The maximum absolute atomic E-state index is 13.8. The van der Waals surface area contributed by atoms with Crippen molar-refractivity contribution in [3.8, 4) is 0 Å². The SMILES string of the molecule is O=C=Nc1ccc(C(c2ccc(NO)cc2)(C(F)(F)F)C(F)(F)F)cc1. The Bertz CT molecular complexity index is 793. The maximum atomic E-state index is 13.8. The van der Waals surface area contributed by atoms with Gasteiger partial charge in [0, 0.05) is 0 Å². The number of carbonyl (C=O) groups excluding carboxylic acids is 1. The molecule has 0 aliphatic heterocycles.